The zero-order chi connectivity index (χ0) is 27.6. The van der Waals surface area contributed by atoms with Crippen molar-refractivity contribution in [3.63, 3.8) is 0 Å². The first kappa shape index (κ1) is 25.9. The summed E-state index contributed by atoms with van der Waals surface area (Å²) in [5.74, 6) is 1.23. The maximum absolute atomic E-state index is 13.1. The SMILES string of the molecule is CSc1cc(Oc2ncnc3[nH]c(=O)cnc23)ccc1NC(=O)Nc1cc(C(C)(C)C)nn1-c1ccccc1. The largest absolute Gasteiger partial charge is 0.437 e. The second kappa shape index (κ2) is 10.6. The molecule has 0 atom stereocenters. The summed E-state index contributed by atoms with van der Waals surface area (Å²) in [5, 5.41) is 10.6. The number of thioether (sulfide) groups is 1. The van der Waals surface area contributed by atoms with Gasteiger partial charge in [-0.3, -0.25) is 10.1 Å². The van der Waals surface area contributed by atoms with Gasteiger partial charge >= 0.3 is 6.03 Å². The number of benzene rings is 2. The van der Waals surface area contributed by atoms with E-state index in [0.717, 1.165) is 22.5 Å². The van der Waals surface area contributed by atoms with E-state index < -0.39 is 6.03 Å². The molecule has 0 unspecified atom stereocenters. The summed E-state index contributed by atoms with van der Waals surface area (Å²) in [6, 6.07) is 16.3. The predicted molar refractivity (Wildman–Crippen MR) is 151 cm³/mol. The van der Waals surface area contributed by atoms with Gasteiger partial charge in [-0.05, 0) is 36.6 Å². The third kappa shape index (κ3) is 5.75. The lowest BCUT2D eigenvalue weighted by Gasteiger charge is -2.14. The van der Waals surface area contributed by atoms with E-state index in [-0.39, 0.29) is 22.5 Å². The third-order valence-corrected chi connectivity index (χ3v) is 6.47. The Morgan fingerprint density at radius 2 is 1.82 bits per heavy atom. The second-order valence-electron chi connectivity index (χ2n) is 9.58. The molecule has 0 saturated heterocycles. The number of ether oxygens (including phenoxy) is 1. The van der Waals surface area contributed by atoms with Gasteiger partial charge in [-0.1, -0.05) is 39.0 Å². The van der Waals surface area contributed by atoms with E-state index in [1.54, 1.807) is 22.9 Å². The number of hydrogen-bond donors (Lipinski definition) is 3. The summed E-state index contributed by atoms with van der Waals surface area (Å²) < 4.78 is 7.66. The molecule has 3 N–H and O–H groups in total. The molecule has 5 aromatic rings. The quantitative estimate of drug-likeness (QED) is 0.244. The van der Waals surface area contributed by atoms with Crippen molar-refractivity contribution in [3.05, 3.63) is 83.2 Å². The van der Waals surface area contributed by atoms with Crippen LogP contribution in [-0.4, -0.2) is 42.0 Å². The van der Waals surface area contributed by atoms with Crippen LogP contribution in [0, 0.1) is 0 Å². The number of para-hydroxylation sites is 1. The number of amides is 2. The minimum atomic E-state index is -0.411. The molecule has 0 aliphatic carbocycles. The van der Waals surface area contributed by atoms with Gasteiger partial charge in [0.05, 0.1) is 23.3 Å². The van der Waals surface area contributed by atoms with Crippen LogP contribution >= 0.6 is 11.8 Å². The van der Waals surface area contributed by atoms with E-state index in [1.165, 1.54) is 18.1 Å². The Hall–Kier alpha value is -4.71. The number of anilines is 2. The summed E-state index contributed by atoms with van der Waals surface area (Å²) in [7, 11) is 0. The van der Waals surface area contributed by atoms with Crippen molar-refractivity contribution in [1.82, 2.24) is 29.7 Å². The van der Waals surface area contributed by atoms with Gasteiger partial charge in [-0.2, -0.15) is 10.1 Å². The molecule has 2 aromatic carbocycles. The number of H-pyrrole nitrogens is 1. The summed E-state index contributed by atoms with van der Waals surface area (Å²) in [5.41, 5.74) is 2.32. The van der Waals surface area contributed by atoms with Gasteiger partial charge in [0.1, 0.15) is 17.9 Å². The normalized spacial score (nSPS) is 11.4. The van der Waals surface area contributed by atoms with Gasteiger partial charge in [0.25, 0.3) is 11.4 Å². The summed E-state index contributed by atoms with van der Waals surface area (Å²) >= 11 is 1.45. The average Bonchev–Trinajstić information content (AvgIpc) is 3.34. The maximum atomic E-state index is 13.1. The molecule has 2 amide bonds. The summed E-state index contributed by atoms with van der Waals surface area (Å²) in [6.45, 7) is 6.22. The van der Waals surface area contributed by atoms with Crippen LogP contribution in [0.3, 0.4) is 0 Å². The fraction of sp³-hybridized carbons (Fsp3) is 0.185. The van der Waals surface area contributed by atoms with E-state index in [4.69, 9.17) is 9.84 Å². The van der Waals surface area contributed by atoms with Gasteiger partial charge in [0.2, 0.25) is 0 Å². The lowest BCUT2D eigenvalue weighted by Crippen LogP contribution is -2.21. The van der Waals surface area contributed by atoms with E-state index in [1.807, 2.05) is 42.7 Å². The number of hydrogen-bond acceptors (Lipinski definition) is 8. The Balaban J connectivity index is 1.37. The Labute approximate surface area is 228 Å². The van der Waals surface area contributed by atoms with Crippen molar-refractivity contribution in [2.75, 3.05) is 16.9 Å². The van der Waals surface area contributed by atoms with Gasteiger partial charge in [0, 0.05) is 16.4 Å². The maximum Gasteiger partial charge on any atom is 0.324 e. The topological polar surface area (TPSA) is 140 Å². The fourth-order valence-electron chi connectivity index (χ4n) is 3.74. The molecule has 0 aliphatic heterocycles. The van der Waals surface area contributed by atoms with Gasteiger partial charge < -0.3 is 15.0 Å². The highest BCUT2D eigenvalue weighted by Gasteiger charge is 2.22. The van der Waals surface area contributed by atoms with Gasteiger partial charge in [-0.25, -0.2) is 19.4 Å². The monoisotopic (exact) mass is 542 g/mol. The molecular weight excluding hydrogens is 516 g/mol. The molecule has 0 spiro atoms. The first-order valence-electron chi connectivity index (χ1n) is 12.0. The highest BCUT2D eigenvalue weighted by atomic mass is 32.2. The second-order valence-corrected chi connectivity index (χ2v) is 10.4. The molecule has 11 nitrogen and oxygen atoms in total. The van der Waals surface area contributed by atoms with Crippen LogP contribution in [0.4, 0.5) is 16.3 Å². The van der Waals surface area contributed by atoms with Crippen molar-refractivity contribution in [2.45, 2.75) is 31.1 Å². The van der Waals surface area contributed by atoms with Gasteiger partial charge in [-0.15, -0.1) is 11.8 Å². The molecule has 0 bridgehead atoms. The Morgan fingerprint density at radius 3 is 2.56 bits per heavy atom. The molecule has 5 rings (SSSR count). The van der Waals surface area contributed by atoms with Crippen molar-refractivity contribution in [2.24, 2.45) is 0 Å². The van der Waals surface area contributed by atoms with E-state index in [0.29, 0.717) is 22.8 Å². The van der Waals surface area contributed by atoms with Crippen molar-refractivity contribution < 1.29 is 9.53 Å². The molecule has 3 heterocycles. The number of rotatable bonds is 6. The number of fused-ring (bicyclic) bond motifs is 1. The number of nitrogens with one attached hydrogen (secondary N) is 3. The van der Waals surface area contributed by atoms with Crippen LogP contribution in [0.1, 0.15) is 26.5 Å². The summed E-state index contributed by atoms with van der Waals surface area (Å²) in [6.07, 6.45) is 4.33. The Bertz CT molecular complexity index is 1710. The number of aromatic amines is 1. The molecule has 12 heteroatoms. The minimum Gasteiger partial charge on any atom is -0.437 e. The van der Waals surface area contributed by atoms with Crippen molar-refractivity contribution in [3.8, 4) is 17.3 Å². The Morgan fingerprint density at radius 1 is 1.03 bits per heavy atom. The number of urea groups is 1. The molecule has 39 heavy (non-hydrogen) atoms. The zero-order valence-corrected chi connectivity index (χ0v) is 22.5. The molecule has 198 valence electrons. The van der Waals surface area contributed by atoms with E-state index in [9.17, 15) is 9.59 Å². The van der Waals surface area contributed by atoms with Crippen LogP contribution in [-0.2, 0) is 5.41 Å². The number of carbonyl (C=O) groups is 1. The lowest BCUT2D eigenvalue weighted by molar-refractivity contribution is 0.262. The first-order valence-corrected chi connectivity index (χ1v) is 13.2. The molecular formula is C27H26N8O3S. The Kier molecular flexibility index (Phi) is 7.03. The number of aromatic nitrogens is 6. The summed E-state index contributed by atoms with van der Waals surface area (Å²) in [4.78, 5) is 40.3. The number of carbonyl (C=O) groups excluding carboxylic acids is 1. The highest BCUT2D eigenvalue weighted by molar-refractivity contribution is 7.98. The molecule has 0 radical (unpaired) electrons. The molecule has 0 aliphatic rings. The number of nitrogens with zero attached hydrogens (tertiary/aromatic N) is 5. The molecule has 3 aromatic heterocycles. The van der Waals surface area contributed by atoms with E-state index >= 15 is 0 Å². The van der Waals surface area contributed by atoms with Crippen LogP contribution in [0.25, 0.3) is 16.9 Å². The minimum absolute atomic E-state index is 0.200. The smallest absolute Gasteiger partial charge is 0.324 e. The van der Waals surface area contributed by atoms with Crippen molar-refractivity contribution in [1.29, 1.82) is 0 Å². The van der Waals surface area contributed by atoms with Gasteiger partial charge in [0.15, 0.2) is 11.2 Å². The van der Waals surface area contributed by atoms with Crippen LogP contribution in [0.15, 0.2) is 76.8 Å². The lowest BCUT2D eigenvalue weighted by atomic mass is 9.92. The van der Waals surface area contributed by atoms with Crippen LogP contribution < -0.4 is 20.9 Å². The van der Waals surface area contributed by atoms with Crippen molar-refractivity contribution >= 4 is 40.5 Å². The molecule has 0 fully saturated rings. The standard InChI is InChI=1S/C27H26N8O3S/c1-27(2,3)20-13-21(35(34-20)16-8-6-5-7-9-16)32-26(37)31-18-11-10-17(12-19(18)39-4)38-25-23-24(29-15-30-25)33-22(36)14-28-23/h5-15H,1-4H3,(H2,31,32,37)(H,29,30,33,36). The predicted octanol–water partition coefficient (Wildman–Crippen LogP) is 5.35. The fourth-order valence-corrected chi connectivity index (χ4v) is 4.31. The molecule has 0 saturated carbocycles. The van der Waals surface area contributed by atoms with Crippen LogP contribution in [0.5, 0.6) is 11.6 Å². The van der Waals surface area contributed by atoms with Crippen LogP contribution in [0.2, 0.25) is 0 Å². The zero-order valence-electron chi connectivity index (χ0n) is 21.7. The average molecular weight is 543 g/mol. The third-order valence-electron chi connectivity index (χ3n) is 5.70. The first-order chi connectivity index (χ1) is 18.7. The van der Waals surface area contributed by atoms with E-state index in [2.05, 4.69) is 51.3 Å². The highest BCUT2D eigenvalue weighted by Crippen LogP contribution is 2.33.